The van der Waals surface area contributed by atoms with Gasteiger partial charge in [-0.15, -0.1) is 11.8 Å². The maximum atomic E-state index is 12.0. The first-order chi connectivity index (χ1) is 9.44. The highest BCUT2D eigenvalue weighted by Gasteiger charge is 2.50. The van der Waals surface area contributed by atoms with E-state index in [0.29, 0.717) is 17.9 Å². The predicted octanol–water partition coefficient (Wildman–Crippen LogP) is 2.80. The Balaban J connectivity index is 1.87. The highest BCUT2D eigenvalue weighted by Crippen LogP contribution is 2.45. The van der Waals surface area contributed by atoms with Crippen molar-refractivity contribution in [3.63, 3.8) is 0 Å². The van der Waals surface area contributed by atoms with E-state index >= 15 is 0 Å². The van der Waals surface area contributed by atoms with Crippen molar-refractivity contribution >= 4 is 35.2 Å². The molecule has 4 nitrogen and oxygen atoms in total. The van der Waals surface area contributed by atoms with Crippen LogP contribution in [0.2, 0.25) is 5.02 Å². The summed E-state index contributed by atoms with van der Waals surface area (Å²) < 4.78 is 0. The second-order valence-corrected chi connectivity index (χ2v) is 6.78. The van der Waals surface area contributed by atoms with Crippen molar-refractivity contribution in [2.24, 2.45) is 5.41 Å². The summed E-state index contributed by atoms with van der Waals surface area (Å²) in [5.41, 5.74) is -0.732. The number of rotatable bonds is 6. The van der Waals surface area contributed by atoms with Crippen LogP contribution < -0.4 is 5.32 Å². The largest absolute Gasteiger partial charge is 0.481 e. The summed E-state index contributed by atoms with van der Waals surface area (Å²) in [4.78, 5) is 23.9. The molecule has 1 fully saturated rings. The van der Waals surface area contributed by atoms with Gasteiger partial charge in [0.2, 0.25) is 5.91 Å². The number of hydrogen-bond donors (Lipinski definition) is 2. The SMILES string of the molecule is CC(Sc1ccccc1Cl)C(=O)NCC1(C(=O)O)CC1. The number of amides is 1. The maximum Gasteiger partial charge on any atom is 0.311 e. The van der Waals surface area contributed by atoms with E-state index in [4.69, 9.17) is 16.7 Å². The first-order valence-corrected chi connectivity index (χ1v) is 7.63. The van der Waals surface area contributed by atoms with Crippen LogP contribution in [0.25, 0.3) is 0 Å². The van der Waals surface area contributed by atoms with E-state index in [0.717, 1.165) is 4.90 Å². The van der Waals surface area contributed by atoms with E-state index in [-0.39, 0.29) is 17.7 Å². The number of carbonyl (C=O) groups is 2. The Kier molecular flexibility index (Phi) is 4.60. The lowest BCUT2D eigenvalue weighted by molar-refractivity contribution is -0.143. The molecule has 108 valence electrons. The van der Waals surface area contributed by atoms with Crippen molar-refractivity contribution < 1.29 is 14.7 Å². The van der Waals surface area contributed by atoms with Gasteiger partial charge < -0.3 is 10.4 Å². The lowest BCUT2D eigenvalue weighted by Crippen LogP contribution is -2.38. The predicted molar refractivity (Wildman–Crippen MR) is 79.1 cm³/mol. The summed E-state index contributed by atoms with van der Waals surface area (Å²) in [6, 6.07) is 7.33. The number of halogens is 1. The minimum absolute atomic E-state index is 0.164. The molecule has 1 aliphatic carbocycles. The molecule has 2 N–H and O–H groups in total. The highest BCUT2D eigenvalue weighted by molar-refractivity contribution is 8.00. The van der Waals surface area contributed by atoms with Gasteiger partial charge in [0.25, 0.3) is 0 Å². The van der Waals surface area contributed by atoms with E-state index < -0.39 is 11.4 Å². The van der Waals surface area contributed by atoms with Gasteiger partial charge in [0, 0.05) is 11.4 Å². The van der Waals surface area contributed by atoms with Gasteiger partial charge >= 0.3 is 5.97 Å². The lowest BCUT2D eigenvalue weighted by Gasteiger charge is -2.15. The molecule has 20 heavy (non-hydrogen) atoms. The summed E-state index contributed by atoms with van der Waals surface area (Å²) in [7, 11) is 0. The summed E-state index contributed by atoms with van der Waals surface area (Å²) in [6.45, 7) is 1.98. The zero-order valence-electron chi connectivity index (χ0n) is 11.1. The minimum atomic E-state index is -0.829. The van der Waals surface area contributed by atoms with Crippen molar-refractivity contribution in [1.29, 1.82) is 0 Å². The molecule has 0 aromatic heterocycles. The third-order valence-electron chi connectivity index (χ3n) is 3.42. The van der Waals surface area contributed by atoms with Gasteiger partial charge in [-0.2, -0.15) is 0 Å². The quantitative estimate of drug-likeness (QED) is 0.793. The molecule has 0 aliphatic heterocycles. The average molecular weight is 314 g/mol. The fourth-order valence-electron chi connectivity index (χ4n) is 1.80. The van der Waals surface area contributed by atoms with Gasteiger partial charge in [-0.1, -0.05) is 23.7 Å². The third-order valence-corrected chi connectivity index (χ3v) is 5.04. The van der Waals surface area contributed by atoms with Crippen molar-refractivity contribution in [2.75, 3.05) is 6.54 Å². The zero-order valence-corrected chi connectivity index (χ0v) is 12.6. The first kappa shape index (κ1) is 15.2. The van der Waals surface area contributed by atoms with Crippen LogP contribution in [0.1, 0.15) is 19.8 Å². The molecule has 1 aromatic rings. The van der Waals surface area contributed by atoms with Gasteiger partial charge in [0.15, 0.2) is 0 Å². The highest BCUT2D eigenvalue weighted by atomic mass is 35.5. The Morgan fingerprint density at radius 3 is 2.65 bits per heavy atom. The minimum Gasteiger partial charge on any atom is -0.481 e. The Morgan fingerprint density at radius 2 is 2.10 bits per heavy atom. The number of carboxylic acid groups (broad SMARTS) is 1. The van der Waals surface area contributed by atoms with Gasteiger partial charge in [-0.25, -0.2) is 0 Å². The van der Waals surface area contributed by atoms with E-state index in [1.165, 1.54) is 11.8 Å². The van der Waals surface area contributed by atoms with Crippen molar-refractivity contribution in [1.82, 2.24) is 5.32 Å². The second kappa shape index (κ2) is 6.06. The summed E-state index contributed by atoms with van der Waals surface area (Å²) in [5, 5.41) is 12.1. The molecular formula is C14H16ClNO3S. The normalized spacial score (nSPS) is 17.3. The molecular weight excluding hydrogens is 298 g/mol. The number of nitrogens with one attached hydrogen (secondary N) is 1. The summed E-state index contributed by atoms with van der Waals surface area (Å²) in [6.07, 6.45) is 1.27. The summed E-state index contributed by atoms with van der Waals surface area (Å²) in [5.74, 6) is -0.994. The number of aliphatic carboxylic acids is 1. The van der Waals surface area contributed by atoms with Crippen LogP contribution in [0.3, 0.4) is 0 Å². The molecule has 1 atom stereocenters. The number of benzene rings is 1. The van der Waals surface area contributed by atoms with Crippen LogP contribution in [-0.2, 0) is 9.59 Å². The van der Waals surface area contributed by atoms with Crippen molar-refractivity contribution in [3.05, 3.63) is 29.3 Å². The monoisotopic (exact) mass is 313 g/mol. The van der Waals surface area contributed by atoms with Crippen molar-refractivity contribution in [3.8, 4) is 0 Å². The van der Waals surface area contributed by atoms with E-state index in [9.17, 15) is 9.59 Å². The smallest absolute Gasteiger partial charge is 0.311 e. The number of thioether (sulfide) groups is 1. The number of carbonyl (C=O) groups excluding carboxylic acids is 1. The molecule has 0 bridgehead atoms. The van der Waals surface area contributed by atoms with Gasteiger partial charge in [-0.05, 0) is 31.9 Å². The van der Waals surface area contributed by atoms with Crippen LogP contribution in [0.4, 0.5) is 0 Å². The third kappa shape index (κ3) is 3.46. The molecule has 2 rings (SSSR count). The molecule has 0 spiro atoms. The number of carboxylic acids is 1. The van der Waals surface area contributed by atoms with E-state index in [2.05, 4.69) is 5.32 Å². The fourth-order valence-corrected chi connectivity index (χ4v) is 2.98. The van der Waals surface area contributed by atoms with Crippen LogP contribution in [0.5, 0.6) is 0 Å². The fraction of sp³-hybridized carbons (Fsp3) is 0.429. The molecule has 1 saturated carbocycles. The lowest BCUT2D eigenvalue weighted by atomic mass is 10.1. The topological polar surface area (TPSA) is 66.4 Å². The summed E-state index contributed by atoms with van der Waals surface area (Å²) >= 11 is 7.41. The molecule has 0 heterocycles. The second-order valence-electron chi connectivity index (χ2n) is 4.99. The average Bonchev–Trinajstić information content (AvgIpc) is 3.20. The van der Waals surface area contributed by atoms with Crippen LogP contribution in [-0.4, -0.2) is 28.8 Å². The molecule has 1 aliphatic rings. The van der Waals surface area contributed by atoms with E-state index in [1.807, 2.05) is 18.2 Å². The molecule has 1 unspecified atom stereocenters. The standard InChI is InChI=1S/C14H16ClNO3S/c1-9(20-11-5-3-2-4-10(11)15)12(17)16-8-14(6-7-14)13(18)19/h2-5,9H,6-8H2,1H3,(H,16,17)(H,18,19). The van der Waals surface area contributed by atoms with Crippen LogP contribution in [0.15, 0.2) is 29.2 Å². The molecule has 0 saturated heterocycles. The van der Waals surface area contributed by atoms with E-state index in [1.54, 1.807) is 13.0 Å². The van der Waals surface area contributed by atoms with Gasteiger partial charge in [0.05, 0.1) is 15.7 Å². The maximum absolute atomic E-state index is 12.0. The van der Waals surface area contributed by atoms with Gasteiger partial charge in [0.1, 0.15) is 0 Å². The molecule has 1 aromatic carbocycles. The van der Waals surface area contributed by atoms with Gasteiger partial charge in [-0.3, -0.25) is 9.59 Å². The Labute approximate surface area is 126 Å². The van der Waals surface area contributed by atoms with Crippen LogP contribution >= 0.6 is 23.4 Å². The first-order valence-electron chi connectivity index (χ1n) is 6.37. The molecule has 1 amide bonds. The molecule has 0 radical (unpaired) electrons. The Bertz CT molecular complexity index is 531. The Morgan fingerprint density at radius 1 is 1.45 bits per heavy atom. The number of hydrogen-bond acceptors (Lipinski definition) is 3. The molecule has 6 heteroatoms. The zero-order chi connectivity index (χ0) is 14.8. The van der Waals surface area contributed by atoms with Crippen molar-refractivity contribution in [2.45, 2.75) is 29.9 Å². The van der Waals surface area contributed by atoms with Crippen LogP contribution in [0, 0.1) is 5.41 Å². The Hall–Kier alpha value is -1.20.